The second-order valence-corrected chi connectivity index (χ2v) is 3.77. The predicted octanol–water partition coefficient (Wildman–Crippen LogP) is 1.72. The Balaban J connectivity index is 2.42. The number of ether oxygens (including phenoxy) is 1. The molecule has 4 heteroatoms. The van der Waals surface area contributed by atoms with Gasteiger partial charge in [-0.1, -0.05) is 6.07 Å². The molecule has 0 saturated heterocycles. The number of esters is 1. The van der Waals surface area contributed by atoms with E-state index in [4.69, 9.17) is 4.74 Å². The van der Waals surface area contributed by atoms with E-state index >= 15 is 0 Å². The second kappa shape index (κ2) is 4.43. The molecule has 0 amide bonds. The molecule has 4 nitrogen and oxygen atoms in total. The number of benzene rings is 1. The molecule has 1 aliphatic rings. The summed E-state index contributed by atoms with van der Waals surface area (Å²) in [5.74, 6) is -0.255. The van der Waals surface area contributed by atoms with Crippen LogP contribution in [0.4, 0.5) is 11.4 Å². The molecule has 0 bridgehead atoms. The first-order chi connectivity index (χ1) is 7.74. The van der Waals surface area contributed by atoms with Crippen molar-refractivity contribution in [2.75, 3.05) is 37.0 Å². The third-order valence-electron chi connectivity index (χ3n) is 2.68. The Kier molecular flexibility index (Phi) is 2.99. The van der Waals surface area contributed by atoms with Gasteiger partial charge in [-0.05, 0) is 19.1 Å². The molecule has 0 spiro atoms. The van der Waals surface area contributed by atoms with Gasteiger partial charge in [0.1, 0.15) is 0 Å². The largest absolute Gasteiger partial charge is 0.462 e. The van der Waals surface area contributed by atoms with E-state index in [1.807, 2.05) is 26.1 Å². The summed E-state index contributed by atoms with van der Waals surface area (Å²) < 4.78 is 5.05. The van der Waals surface area contributed by atoms with Crippen molar-refractivity contribution >= 4 is 17.3 Å². The normalized spacial score (nSPS) is 14.0. The fourth-order valence-corrected chi connectivity index (χ4v) is 1.94. The molecule has 0 unspecified atom stereocenters. The summed E-state index contributed by atoms with van der Waals surface area (Å²) in [6.45, 7) is 4.01. The van der Waals surface area contributed by atoms with Crippen LogP contribution in [0.15, 0.2) is 18.2 Å². The van der Waals surface area contributed by atoms with E-state index in [1.165, 1.54) is 0 Å². The van der Waals surface area contributed by atoms with Gasteiger partial charge in [-0.15, -0.1) is 0 Å². The van der Waals surface area contributed by atoms with Crippen molar-refractivity contribution in [1.29, 1.82) is 0 Å². The number of para-hydroxylation sites is 1. The molecule has 1 heterocycles. The minimum absolute atomic E-state index is 0.255. The fourth-order valence-electron chi connectivity index (χ4n) is 1.94. The molecular weight excluding hydrogens is 204 g/mol. The number of carbonyl (C=O) groups is 1. The molecule has 1 aliphatic heterocycles. The number of nitrogens with zero attached hydrogens (tertiary/aromatic N) is 1. The van der Waals surface area contributed by atoms with Gasteiger partial charge in [-0.25, -0.2) is 4.79 Å². The van der Waals surface area contributed by atoms with E-state index in [2.05, 4.69) is 10.2 Å². The van der Waals surface area contributed by atoms with Crippen LogP contribution >= 0.6 is 0 Å². The van der Waals surface area contributed by atoms with Crippen LogP contribution in [-0.2, 0) is 4.74 Å². The molecule has 0 atom stereocenters. The molecule has 0 aliphatic carbocycles. The molecule has 0 aromatic heterocycles. The molecule has 0 radical (unpaired) electrons. The number of nitrogens with one attached hydrogen (secondary N) is 1. The van der Waals surface area contributed by atoms with E-state index in [0.29, 0.717) is 12.2 Å². The minimum Gasteiger partial charge on any atom is -0.462 e. The molecule has 2 rings (SSSR count). The average Bonchev–Trinajstić information content (AvgIpc) is 2.29. The molecule has 1 aromatic carbocycles. The van der Waals surface area contributed by atoms with E-state index < -0.39 is 0 Å². The highest BCUT2D eigenvalue weighted by Crippen LogP contribution is 2.32. The zero-order valence-corrected chi connectivity index (χ0v) is 9.62. The van der Waals surface area contributed by atoms with Crippen LogP contribution in [0.3, 0.4) is 0 Å². The van der Waals surface area contributed by atoms with Crippen LogP contribution in [0, 0.1) is 0 Å². The number of hydrogen-bond donors (Lipinski definition) is 1. The Morgan fingerprint density at radius 2 is 2.38 bits per heavy atom. The fraction of sp³-hybridized carbons (Fsp3) is 0.417. The Morgan fingerprint density at radius 1 is 1.56 bits per heavy atom. The first-order valence-corrected chi connectivity index (χ1v) is 5.49. The molecule has 86 valence electrons. The number of likely N-dealkylation sites (N-methyl/N-ethyl adjacent to an activating group) is 1. The Hall–Kier alpha value is -1.71. The predicted molar refractivity (Wildman–Crippen MR) is 64.2 cm³/mol. The summed E-state index contributed by atoms with van der Waals surface area (Å²) in [5.41, 5.74) is 2.57. The standard InChI is InChI=1S/C12H16N2O2/c1-3-16-12(15)9-5-4-6-10-11(9)14(2)8-7-13-10/h4-6,13H,3,7-8H2,1-2H3. The third-order valence-corrected chi connectivity index (χ3v) is 2.68. The van der Waals surface area contributed by atoms with Gasteiger partial charge in [0.2, 0.25) is 0 Å². The van der Waals surface area contributed by atoms with Crippen molar-refractivity contribution in [3.63, 3.8) is 0 Å². The third kappa shape index (κ3) is 1.83. The van der Waals surface area contributed by atoms with Crippen LogP contribution in [0.1, 0.15) is 17.3 Å². The van der Waals surface area contributed by atoms with Crippen LogP contribution in [0.25, 0.3) is 0 Å². The van der Waals surface area contributed by atoms with Crippen LogP contribution in [0.2, 0.25) is 0 Å². The summed E-state index contributed by atoms with van der Waals surface area (Å²) in [5, 5.41) is 3.28. The number of fused-ring (bicyclic) bond motifs is 1. The molecular formula is C12H16N2O2. The van der Waals surface area contributed by atoms with E-state index in [-0.39, 0.29) is 5.97 Å². The van der Waals surface area contributed by atoms with Gasteiger partial charge < -0.3 is 15.0 Å². The SMILES string of the molecule is CCOC(=O)c1cccc2c1N(C)CCN2. The monoisotopic (exact) mass is 220 g/mol. The van der Waals surface area contributed by atoms with Gasteiger partial charge in [0.05, 0.1) is 23.5 Å². The summed E-state index contributed by atoms with van der Waals surface area (Å²) in [7, 11) is 1.99. The summed E-state index contributed by atoms with van der Waals surface area (Å²) in [6, 6.07) is 5.66. The first-order valence-electron chi connectivity index (χ1n) is 5.49. The Bertz CT molecular complexity index is 404. The molecule has 1 aromatic rings. The van der Waals surface area contributed by atoms with Crippen molar-refractivity contribution < 1.29 is 9.53 Å². The minimum atomic E-state index is -0.255. The second-order valence-electron chi connectivity index (χ2n) is 3.77. The topological polar surface area (TPSA) is 41.6 Å². The average molecular weight is 220 g/mol. The number of anilines is 2. The van der Waals surface area contributed by atoms with Crippen LogP contribution < -0.4 is 10.2 Å². The van der Waals surface area contributed by atoms with Gasteiger partial charge in [0.15, 0.2) is 0 Å². The lowest BCUT2D eigenvalue weighted by Gasteiger charge is -2.30. The van der Waals surface area contributed by atoms with Crippen molar-refractivity contribution in [2.45, 2.75) is 6.92 Å². The highest BCUT2D eigenvalue weighted by atomic mass is 16.5. The molecule has 0 saturated carbocycles. The summed E-state index contributed by atoms with van der Waals surface area (Å²) in [6.07, 6.45) is 0. The smallest absolute Gasteiger partial charge is 0.340 e. The summed E-state index contributed by atoms with van der Waals surface area (Å²) >= 11 is 0. The Labute approximate surface area is 95.2 Å². The van der Waals surface area contributed by atoms with Crippen LogP contribution in [-0.4, -0.2) is 32.7 Å². The van der Waals surface area contributed by atoms with Gasteiger partial charge >= 0.3 is 5.97 Å². The quantitative estimate of drug-likeness (QED) is 0.771. The number of rotatable bonds is 2. The first kappa shape index (κ1) is 10.8. The van der Waals surface area contributed by atoms with E-state index in [9.17, 15) is 4.79 Å². The van der Waals surface area contributed by atoms with Crippen molar-refractivity contribution in [3.05, 3.63) is 23.8 Å². The van der Waals surface area contributed by atoms with E-state index in [0.717, 1.165) is 24.5 Å². The zero-order chi connectivity index (χ0) is 11.5. The highest BCUT2D eigenvalue weighted by Gasteiger charge is 2.21. The lowest BCUT2D eigenvalue weighted by molar-refractivity contribution is 0.0527. The lowest BCUT2D eigenvalue weighted by atomic mass is 10.1. The maximum absolute atomic E-state index is 11.8. The van der Waals surface area contributed by atoms with Crippen molar-refractivity contribution in [1.82, 2.24) is 0 Å². The molecule has 16 heavy (non-hydrogen) atoms. The van der Waals surface area contributed by atoms with Gasteiger partial charge in [-0.3, -0.25) is 0 Å². The Morgan fingerprint density at radius 3 is 3.12 bits per heavy atom. The molecule has 0 fully saturated rings. The van der Waals surface area contributed by atoms with Crippen molar-refractivity contribution in [2.24, 2.45) is 0 Å². The maximum atomic E-state index is 11.8. The number of hydrogen-bond acceptors (Lipinski definition) is 4. The van der Waals surface area contributed by atoms with Gasteiger partial charge in [0, 0.05) is 20.1 Å². The van der Waals surface area contributed by atoms with Gasteiger partial charge in [0.25, 0.3) is 0 Å². The summed E-state index contributed by atoms with van der Waals surface area (Å²) in [4.78, 5) is 13.9. The highest BCUT2D eigenvalue weighted by molar-refractivity contribution is 5.99. The van der Waals surface area contributed by atoms with Crippen molar-refractivity contribution in [3.8, 4) is 0 Å². The number of carbonyl (C=O) groups excluding carboxylic acids is 1. The van der Waals surface area contributed by atoms with Gasteiger partial charge in [-0.2, -0.15) is 0 Å². The lowest BCUT2D eigenvalue weighted by Crippen LogP contribution is -2.32. The molecule has 1 N–H and O–H groups in total. The maximum Gasteiger partial charge on any atom is 0.340 e. The van der Waals surface area contributed by atoms with Crippen LogP contribution in [0.5, 0.6) is 0 Å². The zero-order valence-electron chi connectivity index (χ0n) is 9.62. The van der Waals surface area contributed by atoms with E-state index in [1.54, 1.807) is 6.07 Å².